The molecule has 1 aliphatic rings. The van der Waals surface area contributed by atoms with Crippen LogP contribution in [0.15, 0.2) is 18.3 Å². The second-order valence-electron chi connectivity index (χ2n) is 4.66. The van der Waals surface area contributed by atoms with Crippen LogP contribution in [0.25, 0.3) is 0 Å². The highest BCUT2D eigenvalue weighted by atomic mass is 16.5. The van der Waals surface area contributed by atoms with E-state index in [9.17, 15) is 4.79 Å². The van der Waals surface area contributed by atoms with Crippen molar-refractivity contribution in [2.24, 2.45) is 5.92 Å². The molecule has 1 aliphatic heterocycles. The van der Waals surface area contributed by atoms with Crippen LogP contribution in [-0.4, -0.2) is 47.8 Å². The second-order valence-corrected chi connectivity index (χ2v) is 4.66. The normalized spacial score (nSPS) is 20.2. The van der Waals surface area contributed by atoms with Gasteiger partial charge < -0.3 is 9.84 Å². The molecule has 5 heteroatoms. The Morgan fingerprint density at radius 3 is 3.22 bits per heavy atom. The lowest BCUT2D eigenvalue weighted by atomic mass is 10.1. The largest absolute Gasteiger partial charge is 0.477 e. The van der Waals surface area contributed by atoms with Crippen LogP contribution in [0.1, 0.15) is 22.5 Å². The van der Waals surface area contributed by atoms with Crippen LogP contribution in [0.5, 0.6) is 0 Å². The molecule has 0 aromatic carbocycles. The number of carbonyl (C=O) groups is 1. The number of nitrogens with zero attached hydrogens (tertiary/aromatic N) is 2. The first kappa shape index (κ1) is 13.0. The smallest absolute Gasteiger partial charge is 0.354 e. The van der Waals surface area contributed by atoms with Crippen LogP contribution in [0, 0.1) is 5.92 Å². The number of hydrogen-bond acceptors (Lipinski definition) is 4. The third kappa shape index (κ3) is 3.05. The van der Waals surface area contributed by atoms with Crippen LogP contribution in [0.2, 0.25) is 0 Å². The number of hydrogen-bond donors (Lipinski definition) is 1. The fraction of sp³-hybridized carbons (Fsp3) is 0.538. The van der Waals surface area contributed by atoms with E-state index in [1.807, 2.05) is 6.07 Å². The summed E-state index contributed by atoms with van der Waals surface area (Å²) in [5.74, 6) is -0.404. The molecule has 0 saturated carbocycles. The molecule has 1 saturated heterocycles. The molecule has 0 spiro atoms. The van der Waals surface area contributed by atoms with Gasteiger partial charge in [-0.15, -0.1) is 0 Å². The van der Waals surface area contributed by atoms with Gasteiger partial charge in [0.2, 0.25) is 0 Å². The van der Waals surface area contributed by atoms with Crippen LogP contribution in [0.4, 0.5) is 0 Å². The Hall–Kier alpha value is -1.46. The Morgan fingerprint density at radius 1 is 1.67 bits per heavy atom. The van der Waals surface area contributed by atoms with Gasteiger partial charge in [0.1, 0.15) is 0 Å². The van der Waals surface area contributed by atoms with E-state index < -0.39 is 5.97 Å². The zero-order chi connectivity index (χ0) is 13.0. The molecule has 0 bridgehead atoms. The minimum Gasteiger partial charge on any atom is -0.477 e. The zero-order valence-corrected chi connectivity index (χ0v) is 10.5. The number of pyridine rings is 1. The molecule has 1 aromatic heterocycles. The molecule has 0 radical (unpaired) electrons. The highest BCUT2D eigenvalue weighted by Crippen LogP contribution is 2.19. The average molecular weight is 250 g/mol. The van der Waals surface area contributed by atoms with Gasteiger partial charge in [-0.25, -0.2) is 9.78 Å². The second kappa shape index (κ2) is 5.93. The van der Waals surface area contributed by atoms with Crippen molar-refractivity contribution < 1.29 is 14.6 Å². The predicted molar refractivity (Wildman–Crippen MR) is 66.5 cm³/mol. The minimum absolute atomic E-state index is 0.160. The van der Waals surface area contributed by atoms with Crippen molar-refractivity contribution in [2.75, 3.05) is 26.8 Å². The molecular formula is C13H18N2O3. The van der Waals surface area contributed by atoms with E-state index in [4.69, 9.17) is 9.84 Å². The molecule has 0 aliphatic carbocycles. The van der Waals surface area contributed by atoms with Gasteiger partial charge in [-0.2, -0.15) is 0 Å². The third-order valence-corrected chi connectivity index (χ3v) is 3.26. The van der Waals surface area contributed by atoms with Gasteiger partial charge >= 0.3 is 5.97 Å². The number of carboxylic acid groups (broad SMARTS) is 1. The van der Waals surface area contributed by atoms with Crippen molar-refractivity contribution in [2.45, 2.75) is 13.0 Å². The molecule has 1 atom stereocenters. The van der Waals surface area contributed by atoms with Crippen molar-refractivity contribution in [1.29, 1.82) is 0 Å². The summed E-state index contributed by atoms with van der Waals surface area (Å²) >= 11 is 0. The van der Waals surface area contributed by atoms with Crippen molar-refractivity contribution >= 4 is 5.97 Å². The summed E-state index contributed by atoms with van der Waals surface area (Å²) in [6.45, 7) is 3.37. The Kier molecular flexibility index (Phi) is 4.28. The fourth-order valence-electron chi connectivity index (χ4n) is 2.43. The average Bonchev–Trinajstić information content (AvgIpc) is 2.77. The number of carboxylic acids is 1. The maximum Gasteiger partial charge on any atom is 0.354 e. The van der Waals surface area contributed by atoms with Gasteiger partial charge in [-0.3, -0.25) is 4.90 Å². The van der Waals surface area contributed by atoms with Crippen LogP contribution >= 0.6 is 0 Å². The zero-order valence-electron chi connectivity index (χ0n) is 10.5. The summed E-state index contributed by atoms with van der Waals surface area (Å²) in [5, 5.41) is 9.07. The number of aromatic nitrogens is 1. The Bertz CT molecular complexity index is 422. The lowest BCUT2D eigenvalue weighted by Crippen LogP contribution is -2.23. The molecule has 98 valence electrons. The molecule has 18 heavy (non-hydrogen) atoms. The molecule has 1 N–H and O–H groups in total. The highest BCUT2D eigenvalue weighted by Gasteiger charge is 2.23. The van der Waals surface area contributed by atoms with E-state index in [-0.39, 0.29) is 5.69 Å². The maximum atomic E-state index is 11.1. The molecule has 2 rings (SSSR count). The minimum atomic E-state index is -0.960. The van der Waals surface area contributed by atoms with Gasteiger partial charge in [0.05, 0.1) is 6.61 Å². The van der Waals surface area contributed by atoms with Crippen molar-refractivity contribution in [3.63, 3.8) is 0 Å². The lowest BCUT2D eigenvalue weighted by molar-refractivity contribution is 0.0688. The first-order valence-corrected chi connectivity index (χ1v) is 6.09. The van der Waals surface area contributed by atoms with Gasteiger partial charge in [-0.05, 0) is 30.5 Å². The Labute approximate surface area is 106 Å². The van der Waals surface area contributed by atoms with Gasteiger partial charge in [0.25, 0.3) is 0 Å². The molecular weight excluding hydrogens is 232 g/mol. The summed E-state index contributed by atoms with van der Waals surface area (Å²) < 4.78 is 5.15. The number of ether oxygens (including phenoxy) is 1. The van der Waals surface area contributed by atoms with Crippen LogP contribution in [0.3, 0.4) is 0 Å². The number of rotatable bonds is 5. The highest BCUT2D eigenvalue weighted by molar-refractivity contribution is 5.86. The Balaban J connectivity index is 2.00. The standard InChI is InChI=1S/C13H18N2O3/c1-18-9-10-4-6-15(7-10)8-11-3-2-5-14-12(11)13(16)17/h2-3,5,10H,4,6-9H2,1H3,(H,16,17). The SMILES string of the molecule is COCC1CCN(Cc2cccnc2C(=O)O)C1. The number of methoxy groups -OCH3 is 1. The summed E-state index contributed by atoms with van der Waals surface area (Å²) in [7, 11) is 1.71. The van der Waals surface area contributed by atoms with Crippen LogP contribution in [-0.2, 0) is 11.3 Å². The van der Waals surface area contributed by atoms with E-state index in [1.165, 1.54) is 6.20 Å². The molecule has 1 fully saturated rings. The topological polar surface area (TPSA) is 62.7 Å². The number of likely N-dealkylation sites (tertiary alicyclic amines) is 1. The summed E-state index contributed by atoms with van der Waals surface area (Å²) in [4.78, 5) is 17.2. The van der Waals surface area contributed by atoms with Crippen LogP contribution < -0.4 is 0 Å². The molecule has 0 amide bonds. The van der Waals surface area contributed by atoms with Crippen molar-refractivity contribution in [3.05, 3.63) is 29.6 Å². The summed E-state index contributed by atoms with van der Waals surface area (Å²) in [6, 6.07) is 3.62. The van der Waals surface area contributed by atoms with E-state index in [2.05, 4.69) is 9.88 Å². The van der Waals surface area contributed by atoms with Crippen molar-refractivity contribution in [1.82, 2.24) is 9.88 Å². The third-order valence-electron chi connectivity index (χ3n) is 3.26. The summed E-state index contributed by atoms with van der Waals surface area (Å²) in [5.41, 5.74) is 0.941. The predicted octanol–water partition coefficient (Wildman–Crippen LogP) is 1.25. The quantitative estimate of drug-likeness (QED) is 0.852. The number of aromatic carboxylic acids is 1. The fourth-order valence-corrected chi connectivity index (χ4v) is 2.43. The van der Waals surface area contributed by atoms with Crippen molar-refractivity contribution in [3.8, 4) is 0 Å². The summed E-state index contributed by atoms with van der Waals surface area (Å²) in [6.07, 6.45) is 2.63. The van der Waals surface area contributed by atoms with E-state index in [1.54, 1.807) is 13.2 Å². The van der Waals surface area contributed by atoms with E-state index >= 15 is 0 Å². The Morgan fingerprint density at radius 2 is 2.50 bits per heavy atom. The lowest BCUT2D eigenvalue weighted by Gasteiger charge is -2.16. The molecule has 1 aromatic rings. The first-order valence-electron chi connectivity index (χ1n) is 6.09. The maximum absolute atomic E-state index is 11.1. The van der Waals surface area contributed by atoms with Gasteiger partial charge in [0.15, 0.2) is 5.69 Å². The van der Waals surface area contributed by atoms with E-state index in [0.717, 1.165) is 31.7 Å². The van der Waals surface area contributed by atoms with Gasteiger partial charge in [-0.1, -0.05) is 6.07 Å². The van der Waals surface area contributed by atoms with E-state index in [0.29, 0.717) is 12.5 Å². The first-order chi connectivity index (χ1) is 8.70. The molecule has 5 nitrogen and oxygen atoms in total. The molecule has 1 unspecified atom stereocenters. The van der Waals surface area contributed by atoms with Gasteiger partial charge in [0, 0.05) is 26.4 Å². The molecule has 2 heterocycles. The monoisotopic (exact) mass is 250 g/mol.